The molecule has 32 heavy (non-hydrogen) atoms. The quantitative estimate of drug-likeness (QED) is 0.195. The van der Waals surface area contributed by atoms with Gasteiger partial charge in [-0.3, -0.25) is 9.36 Å². The van der Waals surface area contributed by atoms with Crippen LogP contribution in [0.5, 0.6) is 0 Å². The molecule has 2 aromatic carbocycles. The maximum Gasteiger partial charge on any atom is 0.278 e. The van der Waals surface area contributed by atoms with E-state index < -0.39 is 0 Å². The fourth-order valence-electron chi connectivity index (χ4n) is 3.91. The number of aryl methyl sites for hydroxylation is 2. The molecular formula is C26H29N3O2S. The number of aromatic nitrogens is 3. The minimum Gasteiger partial charge on any atom is -0.382 e. The van der Waals surface area contributed by atoms with Gasteiger partial charge in [0.1, 0.15) is 11.0 Å². The van der Waals surface area contributed by atoms with Gasteiger partial charge in [-0.25, -0.2) is 4.98 Å². The minimum absolute atomic E-state index is 0.00271. The lowest BCUT2D eigenvalue weighted by Crippen LogP contribution is -2.25. The maximum atomic E-state index is 13.6. The van der Waals surface area contributed by atoms with Crippen LogP contribution >= 0.6 is 11.8 Å². The highest BCUT2D eigenvalue weighted by molar-refractivity contribution is 7.98. The summed E-state index contributed by atoms with van der Waals surface area (Å²) in [6.45, 7) is 5.98. The van der Waals surface area contributed by atoms with Crippen LogP contribution in [0.25, 0.3) is 22.2 Å². The van der Waals surface area contributed by atoms with Crippen LogP contribution in [-0.2, 0) is 24.1 Å². The topological polar surface area (TPSA) is 49.0 Å². The largest absolute Gasteiger partial charge is 0.382 e. The van der Waals surface area contributed by atoms with Gasteiger partial charge in [0.2, 0.25) is 0 Å². The van der Waals surface area contributed by atoms with E-state index in [0.29, 0.717) is 25.3 Å². The van der Waals surface area contributed by atoms with Crippen LogP contribution in [0.3, 0.4) is 0 Å². The zero-order valence-electron chi connectivity index (χ0n) is 18.9. The summed E-state index contributed by atoms with van der Waals surface area (Å²) in [7, 11) is 1.92. The van der Waals surface area contributed by atoms with Gasteiger partial charge in [0, 0.05) is 44.3 Å². The molecule has 0 spiro atoms. The average Bonchev–Trinajstić information content (AvgIpc) is 3.13. The number of rotatable bonds is 9. The average molecular weight is 448 g/mol. The molecule has 0 aliphatic rings. The summed E-state index contributed by atoms with van der Waals surface area (Å²) in [6.07, 6.45) is 2.78. The third-order valence-electron chi connectivity index (χ3n) is 5.45. The molecule has 2 aromatic heterocycles. The van der Waals surface area contributed by atoms with E-state index in [1.54, 1.807) is 11.8 Å². The standard InChI is InChI=1S/C26H29N3O2S/c1-4-31-15-9-14-29-25(30)24-23(22(17-28(24)3)21-12-6-5-7-13-21)27-26(29)32-18-20-11-8-10-19(2)16-20/h5-8,10-13,16-17H,4,9,14-15,18H2,1-3H3. The van der Waals surface area contributed by atoms with Crippen molar-refractivity contribution in [1.82, 2.24) is 14.1 Å². The monoisotopic (exact) mass is 447 g/mol. The second kappa shape index (κ2) is 10.2. The lowest BCUT2D eigenvalue weighted by atomic mass is 10.1. The SMILES string of the molecule is CCOCCCn1c(SCc2cccc(C)c2)nc2c(-c3ccccc3)cn(C)c2c1=O. The first-order valence-corrected chi connectivity index (χ1v) is 12.0. The highest BCUT2D eigenvalue weighted by atomic mass is 32.2. The Kier molecular flexibility index (Phi) is 7.12. The summed E-state index contributed by atoms with van der Waals surface area (Å²) in [6, 6.07) is 18.6. The van der Waals surface area contributed by atoms with E-state index in [0.717, 1.165) is 34.0 Å². The van der Waals surface area contributed by atoms with Gasteiger partial charge in [0.15, 0.2) is 5.16 Å². The van der Waals surface area contributed by atoms with Crippen LogP contribution in [0, 0.1) is 6.92 Å². The Balaban J connectivity index is 1.77. The van der Waals surface area contributed by atoms with E-state index >= 15 is 0 Å². The van der Waals surface area contributed by atoms with Gasteiger partial charge in [-0.15, -0.1) is 0 Å². The van der Waals surface area contributed by atoms with Crippen molar-refractivity contribution in [1.29, 1.82) is 0 Å². The molecule has 6 heteroatoms. The van der Waals surface area contributed by atoms with Crippen LogP contribution in [0.15, 0.2) is 70.7 Å². The molecule has 5 nitrogen and oxygen atoms in total. The van der Waals surface area contributed by atoms with Crippen LogP contribution < -0.4 is 5.56 Å². The molecule has 166 valence electrons. The van der Waals surface area contributed by atoms with Gasteiger partial charge in [0.25, 0.3) is 5.56 Å². The van der Waals surface area contributed by atoms with Gasteiger partial charge in [-0.2, -0.15) is 0 Å². The lowest BCUT2D eigenvalue weighted by molar-refractivity contribution is 0.140. The number of hydrogen-bond donors (Lipinski definition) is 0. The first kappa shape index (κ1) is 22.4. The lowest BCUT2D eigenvalue weighted by Gasteiger charge is -2.13. The molecular weight excluding hydrogens is 418 g/mol. The summed E-state index contributed by atoms with van der Waals surface area (Å²) in [4.78, 5) is 18.6. The van der Waals surface area contributed by atoms with Crippen molar-refractivity contribution in [3.05, 3.63) is 82.3 Å². The smallest absolute Gasteiger partial charge is 0.278 e. The fraction of sp³-hybridized carbons (Fsp3) is 0.308. The number of hydrogen-bond acceptors (Lipinski definition) is 4. The Labute approximate surface area is 193 Å². The van der Waals surface area contributed by atoms with E-state index in [2.05, 4.69) is 43.3 Å². The second-order valence-corrected chi connectivity index (χ2v) is 8.84. The van der Waals surface area contributed by atoms with Crippen molar-refractivity contribution in [3.63, 3.8) is 0 Å². The Bertz CT molecular complexity index is 1260. The number of nitrogens with zero attached hydrogens (tertiary/aromatic N) is 3. The number of fused-ring (bicyclic) bond motifs is 1. The molecule has 4 rings (SSSR count). The maximum absolute atomic E-state index is 13.6. The Morgan fingerprint density at radius 2 is 1.91 bits per heavy atom. The van der Waals surface area contributed by atoms with Gasteiger partial charge < -0.3 is 9.30 Å². The van der Waals surface area contributed by atoms with Crippen LogP contribution in [-0.4, -0.2) is 27.3 Å². The summed E-state index contributed by atoms with van der Waals surface area (Å²) < 4.78 is 9.22. The molecule has 0 saturated carbocycles. The molecule has 0 aliphatic carbocycles. The molecule has 0 saturated heterocycles. The zero-order chi connectivity index (χ0) is 22.5. The highest BCUT2D eigenvalue weighted by Gasteiger charge is 2.18. The second-order valence-electron chi connectivity index (χ2n) is 7.90. The summed E-state index contributed by atoms with van der Waals surface area (Å²) in [5, 5.41) is 0.754. The van der Waals surface area contributed by atoms with Gasteiger partial charge in [0.05, 0.1) is 0 Å². The predicted molar refractivity (Wildman–Crippen MR) is 132 cm³/mol. The van der Waals surface area contributed by atoms with Crippen molar-refractivity contribution in [2.45, 2.75) is 37.7 Å². The molecule has 2 heterocycles. The zero-order valence-corrected chi connectivity index (χ0v) is 19.7. The van der Waals surface area contributed by atoms with Crippen molar-refractivity contribution < 1.29 is 4.74 Å². The molecule has 0 radical (unpaired) electrons. The number of thioether (sulfide) groups is 1. The van der Waals surface area contributed by atoms with Crippen LogP contribution in [0.2, 0.25) is 0 Å². The Morgan fingerprint density at radius 1 is 1.09 bits per heavy atom. The van der Waals surface area contributed by atoms with Crippen molar-refractivity contribution >= 4 is 22.8 Å². The number of ether oxygens (including phenoxy) is 1. The van der Waals surface area contributed by atoms with Gasteiger partial charge in [-0.05, 0) is 31.4 Å². The Morgan fingerprint density at radius 3 is 2.66 bits per heavy atom. The molecule has 0 fully saturated rings. The molecule has 4 aromatic rings. The molecule has 0 unspecified atom stereocenters. The van der Waals surface area contributed by atoms with Crippen molar-refractivity contribution in [2.24, 2.45) is 7.05 Å². The van der Waals surface area contributed by atoms with Crippen molar-refractivity contribution in [3.8, 4) is 11.1 Å². The third kappa shape index (κ3) is 4.81. The molecule has 0 atom stereocenters. The van der Waals surface area contributed by atoms with E-state index in [-0.39, 0.29) is 5.56 Å². The summed E-state index contributed by atoms with van der Waals surface area (Å²) >= 11 is 1.62. The predicted octanol–water partition coefficient (Wildman–Crippen LogP) is 5.43. The molecule has 0 N–H and O–H groups in total. The first-order valence-electron chi connectivity index (χ1n) is 11.0. The van der Waals surface area contributed by atoms with Crippen LogP contribution in [0.1, 0.15) is 24.5 Å². The highest BCUT2D eigenvalue weighted by Crippen LogP contribution is 2.30. The van der Waals surface area contributed by atoms with E-state index in [9.17, 15) is 4.79 Å². The van der Waals surface area contributed by atoms with E-state index in [1.807, 2.05) is 47.5 Å². The first-order chi connectivity index (χ1) is 15.6. The summed E-state index contributed by atoms with van der Waals surface area (Å²) in [5.41, 5.74) is 5.91. The summed E-state index contributed by atoms with van der Waals surface area (Å²) in [5.74, 6) is 0.762. The van der Waals surface area contributed by atoms with Gasteiger partial charge in [-0.1, -0.05) is 71.9 Å². The van der Waals surface area contributed by atoms with Gasteiger partial charge >= 0.3 is 0 Å². The van der Waals surface area contributed by atoms with E-state index in [1.165, 1.54) is 11.1 Å². The molecule has 0 bridgehead atoms. The normalized spacial score (nSPS) is 11.3. The molecule has 0 aliphatic heterocycles. The number of benzene rings is 2. The van der Waals surface area contributed by atoms with Crippen LogP contribution in [0.4, 0.5) is 0 Å². The fourth-order valence-corrected chi connectivity index (χ4v) is 4.87. The third-order valence-corrected chi connectivity index (χ3v) is 6.50. The van der Waals surface area contributed by atoms with E-state index in [4.69, 9.17) is 9.72 Å². The Hall–Kier alpha value is -2.83. The van der Waals surface area contributed by atoms with Crippen molar-refractivity contribution in [2.75, 3.05) is 13.2 Å². The molecule has 0 amide bonds. The minimum atomic E-state index is 0.00271.